The maximum absolute atomic E-state index is 6.53. The van der Waals surface area contributed by atoms with Gasteiger partial charge in [0.05, 0.1) is 5.52 Å². The fourth-order valence-electron chi connectivity index (χ4n) is 3.54. The Hall–Kier alpha value is -2.39. The molecule has 0 saturated heterocycles. The largest absolute Gasteiger partial charge is 0.398 e. The molecule has 0 fully saturated rings. The normalized spacial score (nSPS) is 14.8. The predicted octanol–water partition coefficient (Wildman–Crippen LogP) is 3.68. The number of nitrogen functional groups attached to an aromatic ring is 1. The van der Waals surface area contributed by atoms with E-state index in [1.165, 1.54) is 22.4 Å². The van der Waals surface area contributed by atoms with E-state index in [1.54, 1.807) is 0 Å². The van der Waals surface area contributed by atoms with Crippen LogP contribution in [0.5, 0.6) is 0 Å². The van der Waals surface area contributed by atoms with Gasteiger partial charge in [0, 0.05) is 48.4 Å². The fourth-order valence-corrected chi connectivity index (χ4v) is 3.54. The fraction of sp³-hybridized carbons (Fsp3) is 0.250. The van der Waals surface area contributed by atoms with Gasteiger partial charge in [-0.25, -0.2) is 0 Å². The summed E-state index contributed by atoms with van der Waals surface area (Å²) < 4.78 is 0. The van der Waals surface area contributed by atoms with Crippen molar-refractivity contribution in [2.45, 2.75) is 26.4 Å². The Labute approximate surface area is 136 Å². The first-order valence-corrected chi connectivity index (χ1v) is 8.15. The predicted molar refractivity (Wildman–Crippen MR) is 95.2 cm³/mol. The van der Waals surface area contributed by atoms with Crippen LogP contribution in [0.3, 0.4) is 0 Å². The quantitative estimate of drug-likeness (QED) is 0.785. The zero-order valence-corrected chi connectivity index (χ0v) is 13.4. The lowest BCUT2D eigenvalue weighted by Gasteiger charge is -2.29. The standard InChI is InChI=1S/C20H21N3/c1-14-6-5-9-18-19(14)20(21)16-13-23(11-10-17(16)22-18)12-15-7-3-2-4-8-15/h2-9H,10-13H2,1H3,(H2,21,22). The molecule has 0 atom stereocenters. The molecule has 2 N–H and O–H groups in total. The van der Waals surface area contributed by atoms with Crippen LogP contribution in [0.25, 0.3) is 10.9 Å². The number of rotatable bonds is 2. The molecular weight excluding hydrogens is 282 g/mol. The van der Waals surface area contributed by atoms with Crippen molar-refractivity contribution >= 4 is 16.6 Å². The summed E-state index contributed by atoms with van der Waals surface area (Å²) in [4.78, 5) is 7.33. The van der Waals surface area contributed by atoms with Gasteiger partial charge in [0.1, 0.15) is 0 Å². The number of hydrogen-bond acceptors (Lipinski definition) is 3. The zero-order chi connectivity index (χ0) is 15.8. The molecule has 1 aliphatic rings. The summed E-state index contributed by atoms with van der Waals surface area (Å²) in [5.41, 5.74) is 13.4. The summed E-state index contributed by atoms with van der Waals surface area (Å²) in [5.74, 6) is 0. The summed E-state index contributed by atoms with van der Waals surface area (Å²) in [5, 5.41) is 1.12. The first-order valence-electron chi connectivity index (χ1n) is 8.15. The van der Waals surface area contributed by atoms with Crippen LogP contribution < -0.4 is 5.73 Å². The van der Waals surface area contributed by atoms with Gasteiger partial charge in [-0.15, -0.1) is 0 Å². The van der Waals surface area contributed by atoms with Crippen LogP contribution in [-0.2, 0) is 19.5 Å². The summed E-state index contributed by atoms with van der Waals surface area (Å²) in [7, 11) is 0. The molecule has 1 aliphatic heterocycles. The molecule has 2 aromatic carbocycles. The van der Waals surface area contributed by atoms with Gasteiger partial charge in [-0.2, -0.15) is 0 Å². The molecule has 0 amide bonds. The lowest BCUT2D eigenvalue weighted by molar-refractivity contribution is 0.244. The van der Waals surface area contributed by atoms with Crippen molar-refractivity contribution in [1.29, 1.82) is 0 Å². The van der Waals surface area contributed by atoms with Crippen molar-refractivity contribution < 1.29 is 0 Å². The molecule has 0 aliphatic carbocycles. The van der Waals surface area contributed by atoms with Gasteiger partial charge < -0.3 is 5.73 Å². The number of anilines is 1. The van der Waals surface area contributed by atoms with Gasteiger partial charge in [0.15, 0.2) is 0 Å². The number of fused-ring (bicyclic) bond motifs is 2. The Kier molecular flexibility index (Phi) is 3.50. The van der Waals surface area contributed by atoms with Crippen LogP contribution in [-0.4, -0.2) is 16.4 Å². The minimum atomic E-state index is 0.882. The second kappa shape index (κ2) is 5.67. The Morgan fingerprint density at radius 2 is 1.91 bits per heavy atom. The smallest absolute Gasteiger partial charge is 0.0728 e. The van der Waals surface area contributed by atoms with E-state index in [-0.39, 0.29) is 0 Å². The van der Waals surface area contributed by atoms with Crippen molar-refractivity contribution in [1.82, 2.24) is 9.88 Å². The van der Waals surface area contributed by atoms with Gasteiger partial charge in [-0.05, 0) is 24.1 Å². The number of benzene rings is 2. The zero-order valence-electron chi connectivity index (χ0n) is 13.4. The Bertz CT molecular complexity index is 856. The Balaban J connectivity index is 1.70. The number of aryl methyl sites for hydroxylation is 1. The molecule has 0 saturated carbocycles. The highest BCUT2D eigenvalue weighted by Crippen LogP contribution is 2.32. The third kappa shape index (κ3) is 2.57. The van der Waals surface area contributed by atoms with Gasteiger partial charge >= 0.3 is 0 Å². The number of nitrogens with zero attached hydrogens (tertiary/aromatic N) is 2. The summed E-state index contributed by atoms with van der Waals surface area (Å²) >= 11 is 0. The molecule has 0 bridgehead atoms. The minimum Gasteiger partial charge on any atom is -0.398 e. The van der Waals surface area contributed by atoms with Gasteiger partial charge in [0.25, 0.3) is 0 Å². The summed E-state index contributed by atoms with van der Waals surface area (Å²) in [6.45, 7) is 4.99. The van der Waals surface area contributed by atoms with E-state index in [0.29, 0.717) is 0 Å². The molecule has 2 heterocycles. The first-order chi connectivity index (χ1) is 11.2. The van der Waals surface area contributed by atoms with Crippen molar-refractivity contribution in [3.63, 3.8) is 0 Å². The highest BCUT2D eigenvalue weighted by Gasteiger charge is 2.21. The van der Waals surface area contributed by atoms with Gasteiger partial charge in [-0.1, -0.05) is 42.5 Å². The van der Waals surface area contributed by atoms with Crippen LogP contribution >= 0.6 is 0 Å². The number of hydrogen-bond donors (Lipinski definition) is 1. The number of nitrogens with two attached hydrogens (primary N) is 1. The highest BCUT2D eigenvalue weighted by atomic mass is 15.1. The van der Waals surface area contributed by atoms with Crippen LogP contribution in [0.1, 0.15) is 22.4 Å². The van der Waals surface area contributed by atoms with E-state index < -0.39 is 0 Å². The van der Waals surface area contributed by atoms with E-state index in [9.17, 15) is 0 Å². The average molecular weight is 303 g/mol. The SMILES string of the molecule is Cc1cccc2nc3c(c(N)c12)CN(Cc1ccccc1)CC3. The van der Waals surface area contributed by atoms with E-state index in [0.717, 1.165) is 42.6 Å². The summed E-state index contributed by atoms with van der Waals surface area (Å²) in [6.07, 6.45) is 0.969. The van der Waals surface area contributed by atoms with Crippen molar-refractivity contribution in [2.75, 3.05) is 12.3 Å². The summed E-state index contributed by atoms with van der Waals surface area (Å²) in [6, 6.07) is 16.9. The van der Waals surface area contributed by atoms with Crippen molar-refractivity contribution in [2.24, 2.45) is 0 Å². The van der Waals surface area contributed by atoms with E-state index in [4.69, 9.17) is 10.7 Å². The average Bonchev–Trinajstić information content (AvgIpc) is 2.56. The monoisotopic (exact) mass is 303 g/mol. The number of pyridine rings is 1. The third-order valence-corrected chi connectivity index (χ3v) is 4.74. The third-order valence-electron chi connectivity index (χ3n) is 4.74. The molecule has 3 nitrogen and oxygen atoms in total. The Morgan fingerprint density at radius 1 is 1.09 bits per heavy atom. The maximum atomic E-state index is 6.53. The van der Waals surface area contributed by atoms with Crippen LogP contribution in [0.15, 0.2) is 48.5 Å². The molecule has 0 unspecified atom stereocenters. The van der Waals surface area contributed by atoms with Crippen molar-refractivity contribution in [3.05, 3.63) is 70.9 Å². The van der Waals surface area contributed by atoms with Crippen molar-refractivity contribution in [3.8, 4) is 0 Å². The minimum absolute atomic E-state index is 0.882. The second-order valence-corrected chi connectivity index (χ2v) is 6.37. The first kappa shape index (κ1) is 14.2. The van der Waals surface area contributed by atoms with Crippen LogP contribution in [0.2, 0.25) is 0 Å². The lowest BCUT2D eigenvalue weighted by atomic mass is 9.98. The lowest BCUT2D eigenvalue weighted by Crippen LogP contribution is -2.31. The van der Waals surface area contributed by atoms with Gasteiger partial charge in [0.2, 0.25) is 0 Å². The highest BCUT2D eigenvalue weighted by molar-refractivity contribution is 5.94. The molecule has 23 heavy (non-hydrogen) atoms. The molecule has 3 aromatic rings. The van der Waals surface area contributed by atoms with Gasteiger partial charge in [-0.3, -0.25) is 9.88 Å². The Morgan fingerprint density at radius 3 is 2.74 bits per heavy atom. The van der Waals surface area contributed by atoms with Crippen LogP contribution in [0, 0.1) is 6.92 Å². The number of aromatic nitrogens is 1. The van der Waals surface area contributed by atoms with E-state index in [1.807, 2.05) is 0 Å². The molecule has 116 valence electrons. The topological polar surface area (TPSA) is 42.1 Å². The molecule has 4 rings (SSSR count). The van der Waals surface area contributed by atoms with E-state index in [2.05, 4.69) is 60.4 Å². The van der Waals surface area contributed by atoms with E-state index >= 15 is 0 Å². The van der Waals surface area contributed by atoms with Crippen LogP contribution in [0.4, 0.5) is 5.69 Å². The molecular formula is C20H21N3. The molecule has 3 heteroatoms. The maximum Gasteiger partial charge on any atom is 0.0728 e. The molecule has 0 spiro atoms. The molecule has 1 aromatic heterocycles. The second-order valence-electron chi connectivity index (χ2n) is 6.37. The molecule has 0 radical (unpaired) electrons.